The molecule has 0 unspecified atom stereocenters. The zero-order valence-electron chi connectivity index (χ0n) is 31.5. The highest BCUT2D eigenvalue weighted by atomic mass is 16.4. The van der Waals surface area contributed by atoms with E-state index in [2.05, 4.69) is 36.6 Å². The van der Waals surface area contributed by atoms with E-state index < -0.39 is 129 Å². The first-order chi connectivity index (χ1) is 27.8. The van der Waals surface area contributed by atoms with Crippen LogP contribution < -0.4 is 37.9 Å². The third-order valence-corrected chi connectivity index (χ3v) is 9.27. The second kappa shape index (κ2) is 22.0. The number of hydrogen-bond acceptors (Lipinski definition) is 13. The summed E-state index contributed by atoms with van der Waals surface area (Å²) in [7, 11) is 0. The van der Waals surface area contributed by atoms with E-state index >= 15 is 0 Å². The van der Waals surface area contributed by atoms with Crippen LogP contribution in [0.1, 0.15) is 79.3 Å². The number of hydrogen-bond donors (Lipinski definition) is 12. The van der Waals surface area contributed by atoms with E-state index in [1.165, 1.54) is 12.1 Å². The Morgan fingerprint density at radius 3 is 1.56 bits per heavy atom. The van der Waals surface area contributed by atoms with Crippen LogP contribution in [-0.4, -0.2) is 120 Å². The average Bonchev–Trinajstić information content (AvgIpc) is 3.16. The first-order valence-corrected chi connectivity index (χ1v) is 18.4. The number of nitrogens with zero attached hydrogens (tertiary/aromatic N) is 1. The van der Waals surface area contributed by atoms with Gasteiger partial charge in [0.25, 0.3) is 11.5 Å². The van der Waals surface area contributed by atoms with Gasteiger partial charge < -0.3 is 57.9 Å². The highest BCUT2D eigenvalue weighted by Crippen LogP contribution is 2.23. The van der Waals surface area contributed by atoms with Gasteiger partial charge in [0.05, 0.1) is 5.56 Å². The minimum atomic E-state index is -1.65. The Hall–Kier alpha value is -7.07. The molecule has 5 atom stereocenters. The Kier molecular flexibility index (Phi) is 17.3. The first kappa shape index (κ1) is 46.3. The molecule has 0 fully saturated rings. The predicted molar refractivity (Wildman–Crippen MR) is 202 cm³/mol. The number of anilines is 2. The Balaban J connectivity index is 1.44. The highest BCUT2D eigenvalue weighted by molar-refractivity contribution is 5.96. The van der Waals surface area contributed by atoms with E-state index in [9.17, 15) is 63.3 Å². The fraction of sp³-hybridized carbons (Fsp3) is 0.472. The van der Waals surface area contributed by atoms with Crippen LogP contribution in [0.25, 0.3) is 0 Å². The van der Waals surface area contributed by atoms with Gasteiger partial charge in [-0.05, 0) is 68.6 Å². The van der Waals surface area contributed by atoms with Gasteiger partial charge in [0.2, 0.25) is 23.7 Å². The number of nitrogens with two attached hydrogens (primary N) is 1. The Bertz CT molecular complexity index is 1970. The summed E-state index contributed by atoms with van der Waals surface area (Å²) in [6, 6.07) is 0.0495. The fourth-order valence-corrected chi connectivity index (χ4v) is 6.02. The number of rotatable bonds is 24. The maximum atomic E-state index is 12.9. The molecule has 1 aromatic heterocycles. The van der Waals surface area contributed by atoms with Crippen LogP contribution in [-0.2, 0) is 51.2 Å². The lowest BCUT2D eigenvalue weighted by molar-refractivity contribution is -0.144. The smallest absolute Gasteiger partial charge is 0.326 e. The molecule has 0 bridgehead atoms. The number of carbonyl (C=O) groups excluding carboxylic acids is 4. The summed E-state index contributed by atoms with van der Waals surface area (Å²) >= 11 is 0. The molecule has 59 heavy (non-hydrogen) atoms. The van der Waals surface area contributed by atoms with Gasteiger partial charge in [0.1, 0.15) is 30.0 Å². The lowest BCUT2D eigenvalue weighted by atomic mass is 9.91. The fourth-order valence-electron chi connectivity index (χ4n) is 6.02. The van der Waals surface area contributed by atoms with Crippen molar-refractivity contribution < 1.29 is 68.7 Å². The molecule has 1 aliphatic rings. The average molecular weight is 831 g/mol. The normalized spacial score (nSPS) is 15.1. The van der Waals surface area contributed by atoms with Crippen molar-refractivity contribution in [3.8, 4) is 0 Å². The van der Waals surface area contributed by atoms with E-state index in [0.717, 1.165) is 5.56 Å². The van der Waals surface area contributed by atoms with E-state index in [0.29, 0.717) is 37.2 Å². The molecule has 0 spiro atoms. The maximum absolute atomic E-state index is 12.9. The van der Waals surface area contributed by atoms with Gasteiger partial charge in [-0.1, -0.05) is 12.1 Å². The predicted octanol–water partition coefficient (Wildman–Crippen LogP) is -1.33. The van der Waals surface area contributed by atoms with Gasteiger partial charge >= 0.3 is 29.8 Å². The van der Waals surface area contributed by atoms with Crippen LogP contribution in [0.5, 0.6) is 0 Å². The number of aliphatic carboxylic acids is 5. The van der Waals surface area contributed by atoms with Crippen LogP contribution in [0.4, 0.5) is 11.8 Å². The molecule has 13 N–H and O–H groups in total. The highest BCUT2D eigenvalue weighted by Gasteiger charge is 2.28. The van der Waals surface area contributed by atoms with Crippen molar-refractivity contribution in [2.45, 2.75) is 94.8 Å². The number of aromatic nitrogens is 2. The summed E-state index contributed by atoms with van der Waals surface area (Å²) in [6.45, 7) is 0.591. The molecule has 1 aliphatic heterocycles. The first-order valence-electron chi connectivity index (χ1n) is 18.4. The number of fused-ring (bicyclic) bond motifs is 1. The van der Waals surface area contributed by atoms with Crippen molar-refractivity contribution in [1.82, 2.24) is 31.2 Å². The van der Waals surface area contributed by atoms with E-state index in [1.54, 1.807) is 12.1 Å². The molecular formula is C36H46N8O15. The van der Waals surface area contributed by atoms with Crippen molar-refractivity contribution >= 4 is 65.2 Å². The van der Waals surface area contributed by atoms with E-state index in [-0.39, 0.29) is 23.0 Å². The van der Waals surface area contributed by atoms with Gasteiger partial charge in [0, 0.05) is 37.8 Å². The van der Waals surface area contributed by atoms with Crippen LogP contribution in [0.2, 0.25) is 0 Å². The summed E-state index contributed by atoms with van der Waals surface area (Å²) < 4.78 is 0. The largest absolute Gasteiger partial charge is 0.481 e. The lowest BCUT2D eigenvalue weighted by Gasteiger charge is -2.24. The minimum absolute atomic E-state index is 0.0276. The van der Waals surface area contributed by atoms with Crippen molar-refractivity contribution in [3.05, 3.63) is 51.3 Å². The number of carboxylic acid groups (broad SMARTS) is 5. The molecule has 0 aliphatic carbocycles. The minimum Gasteiger partial charge on any atom is -0.481 e. The zero-order chi connectivity index (χ0) is 43.8. The number of carboxylic acids is 5. The second-order valence-corrected chi connectivity index (χ2v) is 13.8. The Morgan fingerprint density at radius 2 is 1.12 bits per heavy atom. The van der Waals surface area contributed by atoms with Crippen molar-refractivity contribution in [3.63, 3.8) is 0 Å². The monoisotopic (exact) mass is 830 g/mol. The molecule has 3 rings (SSSR count). The quantitative estimate of drug-likeness (QED) is 0.0583. The van der Waals surface area contributed by atoms with Gasteiger partial charge in [-0.25, -0.2) is 19.2 Å². The summed E-state index contributed by atoms with van der Waals surface area (Å²) in [5.74, 6) is -10.3. The molecule has 23 heteroatoms. The number of benzene rings is 1. The zero-order valence-corrected chi connectivity index (χ0v) is 31.5. The summed E-state index contributed by atoms with van der Waals surface area (Å²) in [4.78, 5) is 126. The third-order valence-electron chi connectivity index (χ3n) is 9.27. The number of nitrogens with one attached hydrogen (secondary N) is 6. The topological polar surface area (TPSA) is 387 Å². The number of nitrogen functional groups attached to an aromatic ring is 1. The standard InChI is InChI=1S/C36H46N8O15/c37-36-43-29-20(31(51)44-36)15-18(16-38-29)2-1-17-3-5-19(6-4-17)30(50)42-24(35(58)59)9-13-27(47)40-22(33(54)55)7-11-25(45)39-21(32(52)53)8-12-26(46)41-23(34(56)57)10-14-28(48)49/h3-6,18,21-24H,1-2,7-16H2,(H,39,45)(H,40,47)(H,41,46)(H,42,50)(H,48,49)(H,52,53)(H,54,55)(H,56,57)(H,58,59)(H4,37,38,43,44,51)/t18-,21+,22+,23+,24+/m1/s1. The molecule has 4 amide bonds. The van der Waals surface area contributed by atoms with Crippen LogP contribution >= 0.6 is 0 Å². The summed E-state index contributed by atoms with van der Waals surface area (Å²) in [5, 5.41) is 58.4. The molecule has 320 valence electrons. The molecule has 2 aromatic rings. The van der Waals surface area contributed by atoms with E-state index in [1.807, 2.05) is 0 Å². The number of amides is 4. The van der Waals surface area contributed by atoms with Crippen LogP contribution in [0, 0.1) is 5.92 Å². The molecule has 0 saturated heterocycles. The lowest BCUT2D eigenvalue weighted by Crippen LogP contribution is -2.45. The second-order valence-electron chi connectivity index (χ2n) is 13.8. The van der Waals surface area contributed by atoms with Crippen LogP contribution in [0.15, 0.2) is 29.1 Å². The number of carbonyl (C=O) groups is 9. The summed E-state index contributed by atoms with van der Waals surface area (Å²) in [5.41, 5.74) is 6.86. The van der Waals surface area contributed by atoms with Crippen LogP contribution in [0.3, 0.4) is 0 Å². The maximum Gasteiger partial charge on any atom is 0.326 e. The molecule has 0 saturated carbocycles. The molecule has 23 nitrogen and oxygen atoms in total. The molecular weight excluding hydrogens is 784 g/mol. The Labute approximate surface area is 334 Å². The molecule has 2 heterocycles. The van der Waals surface area contributed by atoms with Gasteiger partial charge in [0.15, 0.2) is 0 Å². The van der Waals surface area contributed by atoms with Gasteiger partial charge in [-0.2, -0.15) is 4.98 Å². The van der Waals surface area contributed by atoms with Crippen molar-refractivity contribution in [2.75, 3.05) is 17.6 Å². The number of aryl methyl sites for hydroxylation is 1. The number of H-pyrrole nitrogens is 1. The van der Waals surface area contributed by atoms with Gasteiger partial charge in [-0.3, -0.25) is 33.8 Å². The van der Waals surface area contributed by atoms with Gasteiger partial charge in [-0.15, -0.1) is 0 Å². The third kappa shape index (κ3) is 15.4. The van der Waals surface area contributed by atoms with E-state index in [4.69, 9.17) is 15.9 Å². The van der Waals surface area contributed by atoms with Crippen molar-refractivity contribution in [2.24, 2.45) is 5.92 Å². The number of aromatic amines is 1. The molecule has 0 radical (unpaired) electrons. The SMILES string of the molecule is Nc1nc2c(c(=O)[nH]1)C[C@@H](CCc1ccc(C(=O)N[C@@H](CCC(=O)N[C@@H](CCC(=O)N[C@@H](CCC(=O)N[C@@H](CCC(=O)O)C(=O)O)C(=O)O)C(=O)O)C(=O)O)cc1)CN2. The summed E-state index contributed by atoms with van der Waals surface area (Å²) in [6.07, 6.45) is -2.28. The Morgan fingerprint density at radius 1 is 0.678 bits per heavy atom. The molecule has 1 aromatic carbocycles. The van der Waals surface area contributed by atoms with Crippen molar-refractivity contribution in [1.29, 1.82) is 0 Å².